The fraction of sp³-hybridized carbons (Fsp3) is 0.154. The van der Waals surface area contributed by atoms with Crippen LogP contribution in [0.3, 0.4) is 0 Å². The molecule has 0 aliphatic carbocycles. The number of anilines is 1. The van der Waals surface area contributed by atoms with Gasteiger partial charge in [-0.05, 0) is 61.0 Å². The molecule has 8 heteroatoms. The zero-order valence-corrected chi connectivity index (χ0v) is 20.2. The lowest BCUT2D eigenvalue weighted by molar-refractivity contribution is -0.111. The van der Waals surface area contributed by atoms with E-state index in [0.717, 1.165) is 5.56 Å². The smallest absolute Gasteiger partial charge is 0.338 e. The molecule has 3 aromatic carbocycles. The van der Waals surface area contributed by atoms with Gasteiger partial charge in [-0.2, -0.15) is 0 Å². The number of methoxy groups -OCH3 is 1. The fourth-order valence-corrected chi connectivity index (χ4v) is 3.53. The number of nitrogens with one attached hydrogen (secondary N) is 1. The standard InChI is InChI=1S/C26H23Cl2NO5/c1-3-33-26(31)18-6-4-7-19(15-18)29-25(30)13-11-17-10-12-23(24(14-17)32-2)34-16-20-21(27)8-5-9-22(20)28/h4-15H,3,16H2,1-2H3,(H,29,30)/b13-11+. The molecule has 0 aliphatic heterocycles. The van der Waals surface area contributed by atoms with Gasteiger partial charge in [0.15, 0.2) is 11.5 Å². The molecule has 0 aromatic heterocycles. The third-order valence-electron chi connectivity index (χ3n) is 4.69. The normalized spacial score (nSPS) is 10.7. The van der Waals surface area contributed by atoms with E-state index in [4.69, 9.17) is 37.4 Å². The maximum absolute atomic E-state index is 12.3. The number of hydrogen-bond acceptors (Lipinski definition) is 5. The van der Waals surface area contributed by atoms with Gasteiger partial charge in [-0.15, -0.1) is 0 Å². The van der Waals surface area contributed by atoms with Crippen molar-refractivity contribution in [1.82, 2.24) is 0 Å². The summed E-state index contributed by atoms with van der Waals surface area (Å²) in [6.07, 6.45) is 3.03. The minimum atomic E-state index is -0.444. The fourth-order valence-electron chi connectivity index (χ4n) is 3.02. The van der Waals surface area contributed by atoms with Crippen LogP contribution in [0, 0.1) is 0 Å². The highest BCUT2D eigenvalue weighted by Gasteiger charge is 2.10. The van der Waals surface area contributed by atoms with E-state index in [1.165, 1.54) is 13.2 Å². The third kappa shape index (κ3) is 6.76. The first-order valence-corrected chi connectivity index (χ1v) is 11.2. The highest BCUT2D eigenvalue weighted by atomic mass is 35.5. The average Bonchev–Trinajstić information content (AvgIpc) is 2.83. The van der Waals surface area contributed by atoms with Crippen LogP contribution in [0.1, 0.15) is 28.4 Å². The van der Waals surface area contributed by atoms with Crippen molar-refractivity contribution in [3.63, 3.8) is 0 Å². The molecular formula is C26H23Cl2NO5. The summed E-state index contributed by atoms with van der Waals surface area (Å²) < 4.78 is 16.2. The third-order valence-corrected chi connectivity index (χ3v) is 5.40. The van der Waals surface area contributed by atoms with E-state index < -0.39 is 5.97 Å². The lowest BCUT2D eigenvalue weighted by Crippen LogP contribution is -2.09. The molecule has 0 atom stereocenters. The molecule has 0 fully saturated rings. The number of hydrogen-bond donors (Lipinski definition) is 1. The predicted octanol–water partition coefficient (Wildman–Crippen LogP) is 6.41. The molecule has 3 aromatic rings. The quantitative estimate of drug-likeness (QED) is 0.272. The van der Waals surface area contributed by atoms with Crippen LogP contribution in [0.5, 0.6) is 11.5 Å². The lowest BCUT2D eigenvalue weighted by atomic mass is 10.1. The second-order valence-electron chi connectivity index (χ2n) is 7.02. The van der Waals surface area contributed by atoms with Crippen LogP contribution >= 0.6 is 23.2 Å². The minimum Gasteiger partial charge on any atom is -0.493 e. The van der Waals surface area contributed by atoms with Gasteiger partial charge in [0.2, 0.25) is 5.91 Å². The number of ether oxygens (including phenoxy) is 3. The number of halogens is 2. The summed E-state index contributed by atoms with van der Waals surface area (Å²) in [7, 11) is 1.53. The number of amides is 1. The van der Waals surface area contributed by atoms with E-state index in [9.17, 15) is 9.59 Å². The summed E-state index contributed by atoms with van der Waals surface area (Å²) in [6.45, 7) is 2.19. The molecule has 0 unspecified atom stereocenters. The van der Waals surface area contributed by atoms with E-state index in [2.05, 4.69) is 5.32 Å². The van der Waals surface area contributed by atoms with Gasteiger partial charge >= 0.3 is 5.97 Å². The van der Waals surface area contributed by atoms with Crippen molar-refractivity contribution in [2.45, 2.75) is 13.5 Å². The average molecular weight is 500 g/mol. The first kappa shape index (κ1) is 25.1. The number of esters is 1. The molecule has 0 bridgehead atoms. The van der Waals surface area contributed by atoms with Crippen molar-refractivity contribution in [3.8, 4) is 11.5 Å². The van der Waals surface area contributed by atoms with Gasteiger partial charge in [-0.3, -0.25) is 4.79 Å². The lowest BCUT2D eigenvalue weighted by Gasteiger charge is -2.13. The van der Waals surface area contributed by atoms with Crippen LogP contribution in [0.4, 0.5) is 5.69 Å². The number of rotatable bonds is 9. The van der Waals surface area contributed by atoms with Crippen LogP contribution < -0.4 is 14.8 Å². The molecule has 6 nitrogen and oxygen atoms in total. The molecule has 1 N–H and O–H groups in total. The van der Waals surface area contributed by atoms with Crippen LogP contribution in [0.2, 0.25) is 10.0 Å². The van der Waals surface area contributed by atoms with Crippen molar-refractivity contribution in [2.24, 2.45) is 0 Å². The Morgan fingerprint density at radius 1 is 0.971 bits per heavy atom. The molecule has 0 spiro atoms. The molecule has 0 saturated heterocycles. The van der Waals surface area contributed by atoms with Gasteiger partial charge in [0.05, 0.1) is 19.3 Å². The summed E-state index contributed by atoms with van der Waals surface area (Å²) in [5, 5.41) is 3.76. The number of benzene rings is 3. The SMILES string of the molecule is CCOC(=O)c1cccc(NC(=O)/C=C/c2ccc(OCc3c(Cl)cccc3Cl)c(OC)c2)c1. The zero-order chi connectivity index (χ0) is 24.5. The Morgan fingerprint density at radius 2 is 1.71 bits per heavy atom. The van der Waals surface area contributed by atoms with E-state index >= 15 is 0 Å². The van der Waals surface area contributed by atoms with Crippen LogP contribution in [-0.4, -0.2) is 25.6 Å². The molecule has 0 aliphatic rings. The summed E-state index contributed by atoms with van der Waals surface area (Å²) in [6, 6.07) is 17.1. The molecule has 0 saturated carbocycles. The van der Waals surface area contributed by atoms with Gasteiger partial charge in [0.25, 0.3) is 0 Å². The maximum atomic E-state index is 12.3. The largest absolute Gasteiger partial charge is 0.493 e. The van der Waals surface area contributed by atoms with Crippen molar-refractivity contribution < 1.29 is 23.8 Å². The Bertz CT molecular complexity index is 1190. The molecule has 3 rings (SSSR count). The molecule has 0 radical (unpaired) electrons. The highest BCUT2D eigenvalue weighted by molar-refractivity contribution is 6.35. The van der Waals surface area contributed by atoms with Crippen LogP contribution in [-0.2, 0) is 16.1 Å². The summed E-state index contributed by atoms with van der Waals surface area (Å²) in [4.78, 5) is 24.2. The monoisotopic (exact) mass is 499 g/mol. The minimum absolute atomic E-state index is 0.178. The van der Waals surface area contributed by atoms with Crippen molar-refractivity contribution in [2.75, 3.05) is 19.0 Å². The molecular weight excluding hydrogens is 477 g/mol. The number of carbonyl (C=O) groups is 2. The second-order valence-corrected chi connectivity index (χ2v) is 7.84. The van der Waals surface area contributed by atoms with Gasteiger partial charge in [-0.25, -0.2) is 4.79 Å². The second kappa shape index (κ2) is 12.1. The molecule has 0 heterocycles. The predicted molar refractivity (Wildman–Crippen MR) is 134 cm³/mol. The van der Waals surface area contributed by atoms with Crippen LogP contribution in [0.25, 0.3) is 6.08 Å². The Balaban J connectivity index is 1.65. The summed E-state index contributed by atoms with van der Waals surface area (Å²) in [5.74, 6) is 0.206. The Morgan fingerprint density at radius 3 is 2.41 bits per heavy atom. The number of carbonyl (C=O) groups excluding carboxylic acids is 2. The first-order valence-electron chi connectivity index (χ1n) is 10.4. The summed E-state index contributed by atoms with van der Waals surface area (Å²) in [5.41, 5.74) is 2.26. The van der Waals surface area contributed by atoms with E-state index in [0.29, 0.717) is 38.4 Å². The zero-order valence-electron chi connectivity index (χ0n) is 18.6. The van der Waals surface area contributed by atoms with Crippen molar-refractivity contribution in [1.29, 1.82) is 0 Å². The maximum Gasteiger partial charge on any atom is 0.338 e. The van der Waals surface area contributed by atoms with Crippen LogP contribution in [0.15, 0.2) is 66.7 Å². The first-order chi connectivity index (χ1) is 16.4. The van der Waals surface area contributed by atoms with Gasteiger partial charge in [0, 0.05) is 27.4 Å². The van der Waals surface area contributed by atoms with Crippen molar-refractivity contribution >= 4 is 46.8 Å². The van der Waals surface area contributed by atoms with E-state index in [-0.39, 0.29) is 19.1 Å². The van der Waals surface area contributed by atoms with Gasteiger partial charge in [-0.1, -0.05) is 41.4 Å². The van der Waals surface area contributed by atoms with Gasteiger partial charge in [0.1, 0.15) is 6.61 Å². The summed E-state index contributed by atoms with van der Waals surface area (Å²) >= 11 is 12.4. The Kier molecular flexibility index (Phi) is 8.96. The topological polar surface area (TPSA) is 73.9 Å². The van der Waals surface area contributed by atoms with Gasteiger partial charge < -0.3 is 19.5 Å². The Hall–Kier alpha value is -3.48. The molecule has 34 heavy (non-hydrogen) atoms. The van der Waals surface area contributed by atoms with E-state index in [1.807, 2.05) is 0 Å². The Labute approximate surface area is 208 Å². The highest BCUT2D eigenvalue weighted by Crippen LogP contribution is 2.31. The molecule has 176 valence electrons. The van der Waals surface area contributed by atoms with Crippen molar-refractivity contribution in [3.05, 3.63) is 93.5 Å². The van der Waals surface area contributed by atoms with E-state index in [1.54, 1.807) is 73.7 Å². The molecule has 1 amide bonds.